The number of fused-ring (bicyclic) bond motifs is 2. The molecule has 1 aromatic heterocycles. The quantitative estimate of drug-likeness (QED) is 0.0944. The molecule has 5 rings (SSSR count). The Balaban J connectivity index is 1.26. The lowest BCUT2D eigenvalue weighted by Gasteiger charge is -2.17. The van der Waals surface area contributed by atoms with E-state index < -0.39 is 10.0 Å². The molecule has 4 aromatic carbocycles. The zero-order valence-electron chi connectivity index (χ0n) is 26.3. The van der Waals surface area contributed by atoms with E-state index >= 15 is 0 Å². The molecule has 0 saturated heterocycles. The smallest absolute Gasteiger partial charge is 0.262 e. The number of carbonyl (C=O) groups excluding carboxylic acids is 2. The Bertz CT molecular complexity index is 2020. The first-order valence-corrected chi connectivity index (χ1v) is 17.9. The van der Waals surface area contributed by atoms with Gasteiger partial charge in [0.1, 0.15) is 5.75 Å². The Labute approximate surface area is 283 Å². The van der Waals surface area contributed by atoms with Gasteiger partial charge in [0.15, 0.2) is 0 Å². The summed E-state index contributed by atoms with van der Waals surface area (Å²) in [4.78, 5) is 28.9. The van der Waals surface area contributed by atoms with Crippen molar-refractivity contribution in [2.24, 2.45) is 0 Å². The molecule has 9 nitrogen and oxygen atoms in total. The topological polar surface area (TPSA) is 110 Å². The highest BCUT2D eigenvalue weighted by molar-refractivity contribution is 14.1. The summed E-state index contributed by atoms with van der Waals surface area (Å²) >= 11 is 2.29. The van der Waals surface area contributed by atoms with Crippen LogP contribution in [0.4, 0.5) is 5.69 Å². The average molecular weight is 753 g/mol. The number of aromatic nitrogens is 1. The molecule has 240 valence electrons. The number of rotatable bonds is 12. The summed E-state index contributed by atoms with van der Waals surface area (Å²) in [5, 5.41) is 5.18. The molecule has 0 radical (unpaired) electrons. The second-order valence-electron chi connectivity index (χ2n) is 11.2. The second-order valence-corrected chi connectivity index (χ2v) is 13.7. The summed E-state index contributed by atoms with van der Waals surface area (Å²) in [6, 6.07) is 23.9. The van der Waals surface area contributed by atoms with E-state index in [9.17, 15) is 18.0 Å². The number of amides is 1. The predicted molar refractivity (Wildman–Crippen MR) is 192 cm³/mol. The summed E-state index contributed by atoms with van der Waals surface area (Å²) in [6.45, 7) is 2.28. The van der Waals surface area contributed by atoms with Gasteiger partial charge in [-0.05, 0) is 66.9 Å². The van der Waals surface area contributed by atoms with Gasteiger partial charge in [-0.1, -0.05) is 59.0 Å². The minimum atomic E-state index is -3.78. The number of anilines is 1. The number of nitrogens with one attached hydrogen (secondary N) is 2. The average Bonchev–Trinajstić information content (AvgIpc) is 3.33. The van der Waals surface area contributed by atoms with Crippen LogP contribution in [-0.4, -0.2) is 59.1 Å². The number of nitrogens with zero attached hydrogens (tertiary/aromatic N) is 2. The Morgan fingerprint density at radius 3 is 2.33 bits per heavy atom. The fourth-order valence-electron chi connectivity index (χ4n) is 5.65. The van der Waals surface area contributed by atoms with Crippen molar-refractivity contribution >= 4 is 71.8 Å². The largest absolute Gasteiger partial charge is 0.497 e. The van der Waals surface area contributed by atoms with Crippen LogP contribution in [0.2, 0.25) is 0 Å². The number of ether oxygens (including phenoxy) is 1. The molecular formula is C35H37IN4O5S. The molecule has 46 heavy (non-hydrogen) atoms. The van der Waals surface area contributed by atoms with Gasteiger partial charge in [-0.2, -0.15) is 0 Å². The van der Waals surface area contributed by atoms with Crippen molar-refractivity contribution in [2.45, 2.75) is 29.1 Å². The third-order valence-corrected chi connectivity index (χ3v) is 10.4. The number of hydrogen-bond donors (Lipinski definition) is 2. The van der Waals surface area contributed by atoms with Gasteiger partial charge in [-0.3, -0.25) is 14.2 Å². The van der Waals surface area contributed by atoms with E-state index in [-0.39, 0.29) is 36.2 Å². The van der Waals surface area contributed by atoms with Crippen molar-refractivity contribution in [1.82, 2.24) is 14.6 Å². The van der Waals surface area contributed by atoms with E-state index in [0.717, 1.165) is 32.0 Å². The summed E-state index contributed by atoms with van der Waals surface area (Å²) in [6.07, 6.45) is 0.457. The van der Waals surface area contributed by atoms with E-state index in [4.69, 9.17) is 4.74 Å². The zero-order valence-corrected chi connectivity index (χ0v) is 29.2. The molecule has 0 aliphatic rings. The van der Waals surface area contributed by atoms with Gasteiger partial charge < -0.3 is 15.0 Å². The van der Waals surface area contributed by atoms with Crippen molar-refractivity contribution in [3.05, 3.63) is 101 Å². The van der Waals surface area contributed by atoms with Crippen molar-refractivity contribution in [2.75, 3.05) is 39.2 Å². The predicted octanol–water partition coefficient (Wildman–Crippen LogP) is 5.83. The minimum Gasteiger partial charge on any atom is -0.497 e. The number of carbonyl (C=O) groups is 2. The zero-order chi connectivity index (χ0) is 33.0. The molecule has 1 heterocycles. The van der Waals surface area contributed by atoms with Crippen molar-refractivity contribution in [3.63, 3.8) is 0 Å². The van der Waals surface area contributed by atoms with Crippen LogP contribution in [0.15, 0.2) is 83.8 Å². The Morgan fingerprint density at radius 1 is 0.913 bits per heavy atom. The van der Waals surface area contributed by atoms with Gasteiger partial charge in [0.25, 0.3) is 5.91 Å². The summed E-state index contributed by atoms with van der Waals surface area (Å²) < 4.78 is 37.1. The molecule has 0 atom stereocenters. The van der Waals surface area contributed by atoms with Crippen LogP contribution < -0.4 is 19.7 Å². The Morgan fingerprint density at radius 2 is 1.63 bits per heavy atom. The van der Waals surface area contributed by atoms with Gasteiger partial charge in [0, 0.05) is 64.7 Å². The van der Waals surface area contributed by atoms with E-state index in [0.29, 0.717) is 34.3 Å². The van der Waals surface area contributed by atoms with Gasteiger partial charge in [0.05, 0.1) is 23.9 Å². The monoisotopic (exact) mass is 752 g/mol. The Kier molecular flexibility index (Phi) is 10.3. The standard InChI is InChI=1S/C35H37IN4O5S/c1-23-29(30-20-26(45-4)16-17-32(30)40(23)35(42)25-14-12-24(22-36)13-15-25)21-34(41)37-18-7-19-38-46(43,44)33-11-6-8-27-28(33)9-5-10-31(27)39(2)3/h5-6,8-17,20,38H,7,18-19,21-22H2,1-4H3,(H,37,41). The molecule has 0 aliphatic carbocycles. The van der Waals surface area contributed by atoms with Crippen LogP contribution in [0, 0.1) is 6.92 Å². The molecule has 0 unspecified atom stereocenters. The number of benzene rings is 4. The van der Waals surface area contributed by atoms with Crippen molar-refractivity contribution in [1.29, 1.82) is 0 Å². The molecule has 1 amide bonds. The number of sulfonamides is 1. The number of halogens is 1. The lowest BCUT2D eigenvalue weighted by Crippen LogP contribution is -2.31. The molecule has 11 heteroatoms. The van der Waals surface area contributed by atoms with Crippen molar-refractivity contribution < 1.29 is 22.7 Å². The van der Waals surface area contributed by atoms with E-state index in [1.54, 1.807) is 35.9 Å². The molecule has 0 saturated carbocycles. The lowest BCUT2D eigenvalue weighted by atomic mass is 10.1. The van der Waals surface area contributed by atoms with E-state index in [1.165, 1.54) is 0 Å². The van der Waals surface area contributed by atoms with Crippen LogP contribution in [0.3, 0.4) is 0 Å². The normalized spacial score (nSPS) is 11.6. The highest BCUT2D eigenvalue weighted by atomic mass is 127. The van der Waals surface area contributed by atoms with E-state index in [2.05, 4.69) is 32.6 Å². The van der Waals surface area contributed by atoms with Gasteiger partial charge >= 0.3 is 0 Å². The maximum Gasteiger partial charge on any atom is 0.262 e. The highest BCUT2D eigenvalue weighted by Crippen LogP contribution is 2.32. The number of methoxy groups -OCH3 is 1. The van der Waals surface area contributed by atoms with E-state index in [1.807, 2.05) is 80.5 Å². The number of alkyl halides is 1. The van der Waals surface area contributed by atoms with Crippen LogP contribution in [-0.2, 0) is 25.7 Å². The summed E-state index contributed by atoms with van der Waals surface area (Å²) in [5.74, 6) is 0.231. The Hall–Kier alpha value is -3.94. The van der Waals surface area contributed by atoms with Crippen molar-refractivity contribution in [3.8, 4) is 5.75 Å². The first kappa shape index (κ1) is 33.4. The molecule has 0 fully saturated rings. The van der Waals surface area contributed by atoms with Crippen LogP contribution in [0.25, 0.3) is 21.7 Å². The lowest BCUT2D eigenvalue weighted by molar-refractivity contribution is -0.120. The molecule has 5 aromatic rings. The third-order valence-electron chi connectivity index (χ3n) is 8.04. The SMILES string of the molecule is COc1ccc2c(c1)c(CC(=O)NCCCNS(=O)(=O)c1cccc3c(N(C)C)cccc13)c(C)n2C(=O)c1ccc(CI)cc1. The maximum atomic E-state index is 13.7. The van der Waals surface area contributed by atoms with Crippen LogP contribution in [0.5, 0.6) is 5.75 Å². The minimum absolute atomic E-state index is 0.0551. The molecule has 0 spiro atoms. The molecule has 0 bridgehead atoms. The van der Waals surface area contributed by atoms with Crippen LogP contribution in [0.1, 0.15) is 33.6 Å². The second kappa shape index (κ2) is 14.2. The highest BCUT2D eigenvalue weighted by Gasteiger charge is 2.22. The summed E-state index contributed by atoms with van der Waals surface area (Å²) in [5.41, 5.74) is 4.74. The fourth-order valence-corrected chi connectivity index (χ4v) is 7.45. The first-order valence-electron chi connectivity index (χ1n) is 14.9. The fraction of sp³-hybridized carbons (Fsp3) is 0.257. The third kappa shape index (κ3) is 6.91. The number of hydrogen-bond acceptors (Lipinski definition) is 6. The molecular weight excluding hydrogens is 715 g/mol. The first-order chi connectivity index (χ1) is 22.1. The molecule has 2 N–H and O–H groups in total. The van der Waals surface area contributed by atoms with Crippen LogP contribution >= 0.6 is 22.6 Å². The molecule has 0 aliphatic heterocycles. The summed E-state index contributed by atoms with van der Waals surface area (Å²) in [7, 11) is 1.64. The van der Waals surface area contributed by atoms with Gasteiger partial charge in [-0.25, -0.2) is 13.1 Å². The maximum absolute atomic E-state index is 13.7. The van der Waals surface area contributed by atoms with Gasteiger partial charge in [0.2, 0.25) is 15.9 Å². The van der Waals surface area contributed by atoms with Gasteiger partial charge in [-0.15, -0.1) is 0 Å².